The zero-order chi connectivity index (χ0) is 13.0. The predicted octanol–water partition coefficient (Wildman–Crippen LogP) is 2.29. The van der Waals surface area contributed by atoms with Crippen LogP contribution >= 0.6 is 0 Å². The molecule has 18 heavy (non-hydrogen) atoms. The molecule has 0 saturated carbocycles. The van der Waals surface area contributed by atoms with E-state index >= 15 is 0 Å². The first-order valence-electron chi connectivity index (χ1n) is 6.25. The second kappa shape index (κ2) is 5.67. The maximum Gasteiger partial charge on any atom is 0.175 e. The van der Waals surface area contributed by atoms with E-state index in [1.807, 2.05) is 12.1 Å². The fraction of sp³-hybridized carbons (Fsp3) is 0.429. The number of allylic oxidation sites excluding steroid dienone is 1. The van der Waals surface area contributed by atoms with Gasteiger partial charge in [0.1, 0.15) is 0 Å². The highest BCUT2D eigenvalue weighted by Crippen LogP contribution is 2.13. The van der Waals surface area contributed by atoms with E-state index in [4.69, 9.17) is 0 Å². The molecule has 0 aliphatic heterocycles. The number of benzene rings is 1. The molecule has 1 aliphatic carbocycles. The summed E-state index contributed by atoms with van der Waals surface area (Å²) in [5, 5.41) is 3.46. The van der Waals surface area contributed by atoms with Crippen LogP contribution in [0.1, 0.15) is 24.8 Å². The zero-order valence-electron chi connectivity index (χ0n) is 10.6. The Kier molecular flexibility index (Phi) is 4.19. The molecule has 3 nitrogen and oxygen atoms in total. The molecule has 98 valence electrons. The Hall–Kier alpha value is -1.13. The van der Waals surface area contributed by atoms with E-state index in [-0.39, 0.29) is 0 Å². The molecule has 0 amide bonds. The van der Waals surface area contributed by atoms with Gasteiger partial charge in [-0.05, 0) is 37.0 Å². The smallest absolute Gasteiger partial charge is 0.175 e. The molecule has 1 atom stereocenters. The molecule has 1 aromatic rings. The minimum absolute atomic E-state index is 0.379. The Labute approximate surface area is 109 Å². The largest absolute Gasteiger partial charge is 0.306 e. The molecule has 1 N–H and O–H groups in total. The van der Waals surface area contributed by atoms with Gasteiger partial charge in [0.2, 0.25) is 0 Å². The molecule has 4 heteroatoms. The van der Waals surface area contributed by atoms with Gasteiger partial charge in [-0.25, -0.2) is 8.42 Å². The third kappa shape index (κ3) is 3.68. The van der Waals surface area contributed by atoms with Gasteiger partial charge in [-0.2, -0.15) is 0 Å². The predicted molar refractivity (Wildman–Crippen MR) is 73.2 cm³/mol. The molecule has 1 aromatic carbocycles. The number of rotatable bonds is 4. The Balaban J connectivity index is 1.94. The van der Waals surface area contributed by atoms with Gasteiger partial charge in [-0.15, -0.1) is 0 Å². The van der Waals surface area contributed by atoms with Crippen LogP contribution in [0.5, 0.6) is 0 Å². The lowest BCUT2D eigenvalue weighted by Gasteiger charge is -2.18. The van der Waals surface area contributed by atoms with Crippen molar-refractivity contribution in [2.45, 2.75) is 36.7 Å². The Morgan fingerprint density at radius 2 is 2.00 bits per heavy atom. The molecule has 0 aromatic heterocycles. The highest BCUT2D eigenvalue weighted by Gasteiger charge is 2.08. The lowest BCUT2D eigenvalue weighted by molar-refractivity contribution is 0.522. The van der Waals surface area contributed by atoms with Crippen molar-refractivity contribution in [2.24, 2.45) is 0 Å². The van der Waals surface area contributed by atoms with Crippen LogP contribution in [0, 0.1) is 0 Å². The van der Waals surface area contributed by atoms with E-state index in [9.17, 15) is 8.42 Å². The van der Waals surface area contributed by atoms with Crippen LogP contribution in [0.25, 0.3) is 0 Å². The van der Waals surface area contributed by atoms with Crippen LogP contribution in [0.15, 0.2) is 41.3 Å². The summed E-state index contributed by atoms with van der Waals surface area (Å²) in [6.07, 6.45) is 9.26. The van der Waals surface area contributed by atoms with E-state index in [1.165, 1.54) is 25.5 Å². The summed E-state index contributed by atoms with van der Waals surface area (Å²) in [6, 6.07) is 7.53. The fourth-order valence-electron chi connectivity index (χ4n) is 2.09. The summed E-state index contributed by atoms with van der Waals surface area (Å²) >= 11 is 0. The summed E-state index contributed by atoms with van der Waals surface area (Å²) in [7, 11) is -3.09. The van der Waals surface area contributed by atoms with Gasteiger partial charge in [-0.1, -0.05) is 24.3 Å². The van der Waals surface area contributed by atoms with Gasteiger partial charge < -0.3 is 5.32 Å². The van der Waals surface area contributed by atoms with E-state index < -0.39 is 9.84 Å². The van der Waals surface area contributed by atoms with Crippen molar-refractivity contribution in [3.63, 3.8) is 0 Å². The second-order valence-electron chi connectivity index (χ2n) is 4.76. The summed E-state index contributed by atoms with van der Waals surface area (Å²) in [5.41, 5.74) is 1.11. The maximum absolute atomic E-state index is 11.3. The lowest BCUT2D eigenvalue weighted by Crippen LogP contribution is -2.27. The van der Waals surface area contributed by atoms with Crippen molar-refractivity contribution in [3.8, 4) is 0 Å². The van der Waals surface area contributed by atoms with E-state index in [0.29, 0.717) is 10.9 Å². The minimum Gasteiger partial charge on any atom is -0.306 e. The normalized spacial score (nSPS) is 19.9. The van der Waals surface area contributed by atoms with Crippen LogP contribution in [0.3, 0.4) is 0 Å². The number of hydrogen-bond acceptors (Lipinski definition) is 3. The summed E-state index contributed by atoms with van der Waals surface area (Å²) in [5.74, 6) is 0. The molecule has 0 heterocycles. The second-order valence-corrected chi connectivity index (χ2v) is 6.78. The zero-order valence-corrected chi connectivity index (χ0v) is 11.4. The lowest BCUT2D eigenvalue weighted by atomic mass is 10.0. The average Bonchev–Trinajstić information content (AvgIpc) is 2.37. The van der Waals surface area contributed by atoms with Crippen LogP contribution in [0.4, 0.5) is 0 Å². The minimum atomic E-state index is -3.09. The fourth-order valence-corrected chi connectivity index (χ4v) is 2.72. The maximum atomic E-state index is 11.3. The topological polar surface area (TPSA) is 46.2 Å². The van der Waals surface area contributed by atoms with Crippen LogP contribution in [-0.4, -0.2) is 20.7 Å². The van der Waals surface area contributed by atoms with Gasteiger partial charge in [0.25, 0.3) is 0 Å². The summed E-state index contributed by atoms with van der Waals surface area (Å²) in [4.78, 5) is 0.379. The van der Waals surface area contributed by atoms with Crippen molar-refractivity contribution in [1.29, 1.82) is 0 Å². The van der Waals surface area contributed by atoms with Gasteiger partial charge in [0, 0.05) is 18.8 Å². The molecule has 1 aliphatic rings. The quantitative estimate of drug-likeness (QED) is 0.850. The molecule has 0 saturated heterocycles. The van der Waals surface area contributed by atoms with Gasteiger partial charge in [-0.3, -0.25) is 0 Å². The summed E-state index contributed by atoms with van der Waals surface area (Å²) in [6.45, 7) is 0.777. The van der Waals surface area contributed by atoms with Crippen LogP contribution in [0.2, 0.25) is 0 Å². The third-order valence-corrected chi connectivity index (χ3v) is 4.30. The van der Waals surface area contributed by atoms with E-state index in [0.717, 1.165) is 12.1 Å². The summed E-state index contributed by atoms with van der Waals surface area (Å²) < 4.78 is 22.6. The van der Waals surface area contributed by atoms with Crippen LogP contribution < -0.4 is 5.32 Å². The van der Waals surface area contributed by atoms with Crippen molar-refractivity contribution in [1.82, 2.24) is 5.32 Å². The van der Waals surface area contributed by atoms with E-state index in [1.54, 1.807) is 12.1 Å². The van der Waals surface area contributed by atoms with Crippen molar-refractivity contribution >= 4 is 9.84 Å². The number of hydrogen-bond donors (Lipinski definition) is 1. The SMILES string of the molecule is CS(=O)(=O)c1ccc(CNC2C=CCCC2)cc1. The molecule has 0 bridgehead atoms. The number of nitrogens with one attached hydrogen (secondary N) is 1. The Morgan fingerprint density at radius 1 is 1.28 bits per heavy atom. The molecular formula is C14H19NO2S. The average molecular weight is 265 g/mol. The van der Waals surface area contributed by atoms with E-state index in [2.05, 4.69) is 17.5 Å². The van der Waals surface area contributed by atoms with Gasteiger partial charge >= 0.3 is 0 Å². The van der Waals surface area contributed by atoms with Crippen molar-refractivity contribution in [3.05, 3.63) is 42.0 Å². The Bertz CT molecular complexity index is 517. The molecule has 1 unspecified atom stereocenters. The standard InChI is InChI=1S/C14H19NO2S/c1-18(16,17)14-9-7-12(8-10-14)11-15-13-5-3-2-4-6-13/h3,5,7-10,13,15H,2,4,6,11H2,1H3. The van der Waals surface area contributed by atoms with Crippen molar-refractivity contribution in [2.75, 3.05) is 6.26 Å². The highest BCUT2D eigenvalue weighted by atomic mass is 32.2. The Morgan fingerprint density at radius 3 is 2.56 bits per heavy atom. The monoisotopic (exact) mass is 265 g/mol. The molecule has 2 rings (SSSR count). The molecular weight excluding hydrogens is 246 g/mol. The molecule has 0 radical (unpaired) electrons. The first-order chi connectivity index (χ1) is 8.55. The van der Waals surface area contributed by atoms with Gasteiger partial charge in [0.15, 0.2) is 9.84 Å². The molecule has 0 spiro atoms. The van der Waals surface area contributed by atoms with Gasteiger partial charge in [0.05, 0.1) is 4.90 Å². The highest BCUT2D eigenvalue weighted by molar-refractivity contribution is 7.90. The van der Waals surface area contributed by atoms with Crippen LogP contribution in [-0.2, 0) is 16.4 Å². The third-order valence-electron chi connectivity index (χ3n) is 3.17. The van der Waals surface area contributed by atoms with Crippen molar-refractivity contribution < 1.29 is 8.42 Å². The first-order valence-corrected chi connectivity index (χ1v) is 8.14. The molecule has 0 fully saturated rings. The number of sulfone groups is 1. The first kappa shape index (κ1) is 13.3.